The smallest absolute Gasteiger partial charge is 0.370 e. The third kappa shape index (κ3) is 6.31. The third-order valence-corrected chi connectivity index (χ3v) is 8.73. The second-order valence-electron chi connectivity index (χ2n) is 11.2. The summed E-state index contributed by atoms with van der Waals surface area (Å²) in [6.07, 6.45) is -0.440. The van der Waals surface area contributed by atoms with Crippen molar-refractivity contribution < 1.29 is 27.2 Å². The summed E-state index contributed by atoms with van der Waals surface area (Å²) < 4.78 is 56.8. The molecule has 1 aliphatic heterocycles. The van der Waals surface area contributed by atoms with E-state index in [4.69, 9.17) is 0 Å². The molecular formula is C30H29F4N7O2S. The molecular weight excluding hydrogens is 598 g/mol. The zero-order valence-corrected chi connectivity index (χ0v) is 24.7. The molecule has 1 atom stereocenters. The zero-order chi connectivity index (χ0) is 31.2. The average Bonchev–Trinajstić information content (AvgIpc) is 3.46. The van der Waals surface area contributed by atoms with Gasteiger partial charge in [0.2, 0.25) is 0 Å². The highest BCUT2D eigenvalue weighted by molar-refractivity contribution is 7.18. The van der Waals surface area contributed by atoms with Crippen LogP contribution in [0.3, 0.4) is 0 Å². The lowest BCUT2D eigenvalue weighted by molar-refractivity contribution is -0.137. The normalized spacial score (nSPS) is 16.9. The number of fused-ring (bicyclic) bond motifs is 1. The molecule has 2 aromatic carbocycles. The maximum atomic E-state index is 14.8. The Labute approximate surface area is 254 Å². The van der Waals surface area contributed by atoms with Gasteiger partial charge >= 0.3 is 6.18 Å². The number of nitrogens with one attached hydrogen (secondary N) is 3. The molecule has 3 heterocycles. The summed E-state index contributed by atoms with van der Waals surface area (Å²) >= 11 is 1.29. The van der Waals surface area contributed by atoms with Gasteiger partial charge in [-0.3, -0.25) is 9.59 Å². The van der Waals surface area contributed by atoms with Crippen LogP contribution in [-0.2, 0) is 6.18 Å². The van der Waals surface area contributed by atoms with Crippen LogP contribution in [0.4, 0.5) is 40.4 Å². The van der Waals surface area contributed by atoms with Gasteiger partial charge in [-0.1, -0.05) is 0 Å². The summed E-state index contributed by atoms with van der Waals surface area (Å²) in [6.45, 7) is 1.08. The quantitative estimate of drug-likeness (QED) is 0.204. The van der Waals surface area contributed by atoms with Gasteiger partial charge in [-0.2, -0.15) is 13.2 Å². The summed E-state index contributed by atoms with van der Waals surface area (Å²) in [6, 6.07) is 7.32. The molecule has 0 bridgehead atoms. The van der Waals surface area contributed by atoms with E-state index in [1.54, 1.807) is 5.38 Å². The first-order valence-corrected chi connectivity index (χ1v) is 14.9. The second-order valence-corrected chi connectivity index (χ2v) is 12.1. The molecule has 14 heteroatoms. The Morgan fingerprint density at radius 1 is 1.02 bits per heavy atom. The van der Waals surface area contributed by atoms with Crippen LogP contribution in [0, 0.1) is 5.82 Å². The van der Waals surface area contributed by atoms with Crippen molar-refractivity contribution in [1.82, 2.24) is 14.9 Å². The predicted octanol–water partition coefficient (Wildman–Crippen LogP) is 6.07. The Hall–Kier alpha value is -4.30. The van der Waals surface area contributed by atoms with Crippen LogP contribution in [0.15, 0.2) is 48.1 Å². The maximum Gasteiger partial charge on any atom is 0.416 e. The maximum absolute atomic E-state index is 14.8. The minimum absolute atomic E-state index is 0.0907. The molecule has 6 rings (SSSR count). The van der Waals surface area contributed by atoms with Gasteiger partial charge < -0.3 is 25.8 Å². The summed E-state index contributed by atoms with van der Waals surface area (Å²) in [4.78, 5) is 38.7. The van der Waals surface area contributed by atoms with Gasteiger partial charge in [-0.05, 0) is 69.8 Å². The van der Waals surface area contributed by atoms with Gasteiger partial charge in [0.25, 0.3) is 11.8 Å². The molecule has 2 amide bonds. The van der Waals surface area contributed by atoms with E-state index in [9.17, 15) is 27.2 Å². The van der Waals surface area contributed by atoms with Crippen molar-refractivity contribution in [2.45, 2.75) is 37.5 Å². The van der Waals surface area contributed by atoms with Crippen LogP contribution in [0.2, 0.25) is 0 Å². The first kappa shape index (κ1) is 29.8. The second kappa shape index (κ2) is 11.7. The van der Waals surface area contributed by atoms with Gasteiger partial charge in [-0.25, -0.2) is 14.4 Å². The number of carbonyl (C=O) groups is 2. The van der Waals surface area contributed by atoms with Crippen molar-refractivity contribution in [2.75, 3.05) is 48.0 Å². The first-order chi connectivity index (χ1) is 21.0. The SMILES string of the molecule is CN(C)[C@H]1CCN(c2cc(C(=O)Nc3ccc(F)c(NC(=O)c4csc5c(NC6CC6)ncnc45)c3)cc(C(F)(F)F)c2)C1. The van der Waals surface area contributed by atoms with Crippen LogP contribution in [0.5, 0.6) is 0 Å². The topological polar surface area (TPSA) is 102 Å². The number of halogens is 4. The molecule has 4 aromatic rings. The number of likely N-dealkylation sites (N-methyl/N-ethyl adjacent to an activating group) is 1. The van der Waals surface area contributed by atoms with E-state index in [-0.39, 0.29) is 28.5 Å². The molecule has 230 valence electrons. The number of thiophene rings is 1. The van der Waals surface area contributed by atoms with Gasteiger partial charge in [0.1, 0.15) is 18.0 Å². The fourth-order valence-corrected chi connectivity index (χ4v) is 6.07. The van der Waals surface area contributed by atoms with Crippen molar-refractivity contribution in [3.8, 4) is 0 Å². The minimum Gasteiger partial charge on any atom is -0.370 e. The lowest BCUT2D eigenvalue weighted by atomic mass is 10.1. The number of carbonyl (C=O) groups excluding carboxylic acids is 2. The third-order valence-electron chi connectivity index (χ3n) is 7.75. The number of benzene rings is 2. The molecule has 1 saturated heterocycles. The number of anilines is 4. The van der Waals surface area contributed by atoms with E-state index in [0.717, 1.165) is 37.5 Å². The number of rotatable bonds is 8. The van der Waals surface area contributed by atoms with Crippen LogP contribution in [0.25, 0.3) is 10.2 Å². The van der Waals surface area contributed by atoms with Gasteiger partial charge in [0.05, 0.1) is 27.0 Å². The van der Waals surface area contributed by atoms with E-state index in [1.165, 1.54) is 35.9 Å². The lowest BCUT2D eigenvalue weighted by Gasteiger charge is -2.23. The number of amides is 2. The molecule has 3 N–H and O–H groups in total. The van der Waals surface area contributed by atoms with Crippen molar-refractivity contribution in [1.29, 1.82) is 0 Å². The summed E-state index contributed by atoms with van der Waals surface area (Å²) in [5.74, 6) is -1.54. The van der Waals surface area contributed by atoms with Gasteiger partial charge in [-0.15, -0.1) is 11.3 Å². The standard InChI is InChI=1S/C30H29F4N7O2S/c1-40(2)20-7-8-41(13-20)21-10-16(9-17(11-21)30(32,33)34)28(42)38-19-5-6-23(31)24(12-19)39-29(43)22-14-44-26-25(22)35-15-36-27(26)37-18-3-4-18/h5-6,9-12,14-15,18,20H,3-4,7-8,13H2,1-2H3,(H,38,42)(H,39,43)(H,35,36,37)/t20-/m0/s1. The molecule has 9 nitrogen and oxygen atoms in total. The average molecular weight is 628 g/mol. The molecule has 0 unspecified atom stereocenters. The molecule has 0 radical (unpaired) electrons. The van der Waals surface area contributed by atoms with Crippen LogP contribution < -0.4 is 20.9 Å². The monoisotopic (exact) mass is 627 g/mol. The van der Waals surface area contributed by atoms with Crippen molar-refractivity contribution >= 4 is 56.2 Å². The highest BCUT2D eigenvalue weighted by atomic mass is 32.1. The molecule has 2 aromatic heterocycles. The van der Waals surface area contributed by atoms with E-state index >= 15 is 0 Å². The molecule has 1 saturated carbocycles. The number of hydrogen-bond acceptors (Lipinski definition) is 8. The Kier molecular flexibility index (Phi) is 7.88. The number of hydrogen-bond donors (Lipinski definition) is 3. The largest absolute Gasteiger partial charge is 0.416 e. The van der Waals surface area contributed by atoms with Crippen LogP contribution in [-0.4, -0.2) is 66.0 Å². The van der Waals surface area contributed by atoms with Gasteiger partial charge in [0.15, 0.2) is 0 Å². The van der Waals surface area contributed by atoms with Gasteiger partial charge in [0, 0.05) is 47.5 Å². The zero-order valence-electron chi connectivity index (χ0n) is 23.8. The van der Waals surface area contributed by atoms with E-state index in [2.05, 4.69) is 25.9 Å². The molecule has 2 aliphatic rings. The molecule has 2 fully saturated rings. The Morgan fingerprint density at radius 2 is 1.82 bits per heavy atom. The fourth-order valence-electron chi connectivity index (χ4n) is 5.11. The predicted molar refractivity (Wildman–Crippen MR) is 162 cm³/mol. The Balaban J connectivity index is 1.21. The van der Waals surface area contributed by atoms with Crippen molar-refractivity contribution in [2.24, 2.45) is 0 Å². The summed E-state index contributed by atoms with van der Waals surface area (Å²) in [7, 11) is 3.83. The number of nitrogens with zero attached hydrogens (tertiary/aromatic N) is 4. The van der Waals surface area contributed by atoms with Crippen molar-refractivity contribution in [3.63, 3.8) is 0 Å². The van der Waals surface area contributed by atoms with E-state index in [0.29, 0.717) is 40.9 Å². The van der Waals surface area contributed by atoms with Crippen LogP contribution in [0.1, 0.15) is 45.5 Å². The Morgan fingerprint density at radius 3 is 2.52 bits per heavy atom. The molecule has 44 heavy (non-hydrogen) atoms. The Bertz CT molecular complexity index is 1740. The fraction of sp³-hybridized carbons (Fsp3) is 0.333. The minimum atomic E-state index is -4.66. The first-order valence-electron chi connectivity index (χ1n) is 14.0. The summed E-state index contributed by atoms with van der Waals surface area (Å²) in [5.41, 5.74) is -0.313. The van der Waals surface area contributed by atoms with E-state index < -0.39 is 29.4 Å². The van der Waals surface area contributed by atoms with Crippen LogP contribution >= 0.6 is 11.3 Å². The summed E-state index contributed by atoms with van der Waals surface area (Å²) in [5, 5.41) is 9.98. The molecule has 0 spiro atoms. The number of alkyl halides is 3. The van der Waals surface area contributed by atoms with E-state index in [1.807, 2.05) is 23.9 Å². The highest BCUT2D eigenvalue weighted by Gasteiger charge is 2.34. The highest BCUT2D eigenvalue weighted by Crippen LogP contribution is 2.35. The van der Waals surface area contributed by atoms with Crippen molar-refractivity contribution in [3.05, 3.63) is 70.6 Å². The number of aromatic nitrogens is 2. The molecule has 1 aliphatic carbocycles. The lowest BCUT2D eigenvalue weighted by Crippen LogP contribution is -2.31.